The number of nitrogens with zero attached hydrogens (tertiary/aromatic N) is 3. The molecule has 13 heteroatoms. The van der Waals surface area contributed by atoms with E-state index in [1.165, 1.54) is 6.07 Å². The Bertz CT molecular complexity index is 1150. The Morgan fingerprint density at radius 1 is 1.30 bits per heavy atom. The summed E-state index contributed by atoms with van der Waals surface area (Å²) in [5.41, 5.74) is 0.854. The summed E-state index contributed by atoms with van der Waals surface area (Å²) < 4.78 is 55.1. The summed E-state index contributed by atoms with van der Waals surface area (Å²) in [7, 11) is -3.85. The fourth-order valence-electron chi connectivity index (χ4n) is 3.97. The van der Waals surface area contributed by atoms with Crippen molar-refractivity contribution in [2.45, 2.75) is 62.6 Å². The van der Waals surface area contributed by atoms with Crippen molar-refractivity contribution in [3.05, 3.63) is 22.7 Å². The summed E-state index contributed by atoms with van der Waals surface area (Å²) in [5.74, 6) is 0. The Morgan fingerprint density at radius 3 is 2.52 bits per heavy atom. The smallest absolute Gasteiger partial charge is 0.291 e. The van der Waals surface area contributed by atoms with Crippen LogP contribution in [0.15, 0.2) is 17.0 Å². The minimum absolute atomic E-state index is 0. The number of piperazine rings is 1. The quantitative estimate of drug-likeness (QED) is 0.405. The second kappa shape index (κ2) is 8.85. The highest BCUT2D eigenvalue weighted by Crippen LogP contribution is 2.38. The fraction of sp³-hybridized carbons (Fsp3) is 0.550. The zero-order chi connectivity index (χ0) is 24.0. The van der Waals surface area contributed by atoms with Crippen LogP contribution in [0.2, 0.25) is 0 Å². The van der Waals surface area contributed by atoms with Crippen molar-refractivity contribution in [2.75, 3.05) is 23.3 Å². The molecule has 0 spiro atoms. The highest BCUT2D eigenvalue weighted by atomic mass is 32.2. The van der Waals surface area contributed by atoms with Gasteiger partial charge in [0.1, 0.15) is 0 Å². The lowest BCUT2D eigenvalue weighted by Crippen LogP contribution is -2.54. The molecule has 0 bridgehead atoms. The predicted octanol–water partition coefficient (Wildman–Crippen LogP) is 3.73. The Morgan fingerprint density at radius 2 is 1.97 bits per heavy atom. The first-order chi connectivity index (χ1) is 15.5. The zero-order valence-electron chi connectivity index (χ0n) is 18.5. The molecule has 9 nitrogen and oxygen atoms in total. The number of benzene rings is 1. The first-order valence-electron chi connectivity index (χ1n) is 10.6. The fourth-order valence-corrected chi connectivity index (χ4v) is 6.09. The van der Waals surface area contributed by atoms with Crippen molar-refractivity contribution >= 4 is 44.1 Å². The number of alkyl halides is 2. The molecular formula is C20H31F2N7O2S2. The molecular weight excluding hydrogens is 472 g/mol. The van der Waals surface area contributed by atoms with Crippen molar-refractivity contribution in [1.29, 1.82) is 5.41 Å². The minimum atomic E-state index is -3.85. The second-order valence-electron chi connectivity index (χ2n) is 8.96. The third-order valence-corrected chi connectivity index (χ3v) is 8.20. The van der Waals surface area contributed by atoms with E-state index in [4.69, 9.17) is 5.41 Å². The number of sulfonamides is 1. The molecule has 4 rings (SSSR count). The molecule has 0 unspecified atom stereocenters. The Balaban J connectivity index is 0.00000216. The Hall–Kier alpha value is -2.22. The van der Waals surface area contributed by atoms with Gasteiger partial charge in [0, 0.05) is 51.0 Å². The van der Waals surface area contributed by atoms with Crippen LogP contribution in [-0.4, -0.2) is 55.5 Å². The SMILES string of the molecule is C[C@@H]1CN(c2cc(S(=O)(=O)NC3(C)CC3)cc(Nc3nnc(C(F)F)s3)c2C=N)C[C@@H](C)N1.[HH].[HH]. The summed E-state index contributed by atoms with van der Waals surface area (Å²) >= 11 is 0.683. The highest BCUT2D eigenvalue weighted by molar-refractivity contribution is 7.89. The first-order valence-corrected chi connectivity index (χ1v) is 12.9. The monoisotopic (exact) mass is 503 g/mol. The van der Waals surface area contributed by atoms with E-state index in [1.54, 1.807) is 6.07 Å². The number of hydrogen-bond acceptors (Lipinski definition) is 9. The first kappa shape index (κ1) is 23.9. The lowest BCUT2D eigenvalue weighted by molar-refractivity contribution is 0.150. The van der Waals surface area contributed by atoms with Crippen LogP contribution in [0.4, 0.5) is 25.3 Å². The van der Waals surface area contributed by atoms with Gasteiger partial charge in [-0.3, -0.25) is 0 Å². The van der Waals surface area contributed by atoms with Gasteiger partial charge in [-0.05, 0) is 45.7 Å². The van der Waals surface area contributed by atoms with Crippen molar-refractivity contribution < 1.29 is 20.1 Å². The normalized spacial score (nSPS) is 22.4. The maximum atomic E-state index is 13.2. The van der Waals surface area contributed by atoms with E-state index in [0.29, 0.717) is 41.4 Å². The van der Waals surface area contributed by atoms with E-state index < -0.39 is 27.0 Å². The number of rotatable bonds is 8. The number of halogens is 2. The van der Waals surface area contributed by atoms with E-state index in [9.17, 15) is 17.2 Å². The molecule has 184 valence electrons. The van der Waals surface area contributed by atoms with E-state index in [-0.39, 0.29) is 25.0 Å². The lowest BCUT2D eigenvalue weighted by Gasteiger charge is -2.38. The van der Waals surface area contributed by atoms with Gasteiger partial charge in [0.25, 0.3) is 6.43 Å². The van der Waals surface area contributed by atoms with Crippen LogP contribution in [0.5, 0.6) is 0 Å². The third kappa shape index (κ3) is 5.31. The molecule has 2 fully saturated rings. The van der Waals surface area contributed by atoms with E-state index >= 15 is 0 Å². The molecule has 1 saturated carbocycles. The summed E-state index contributed by atoms with van der Waals surface area (Å²) in [6.07, 6.45) is -0.0983. The molecule has 0 amide bonds. The number of aromatic nitrogens is 2. The molecule has 1 aromatic carbocycles. The third-order valence-electron chi connectivity index (χ3n) is 5.73. The van der Waals surface area contributed by atoms with Gasteiger partial charge in [-0.2, -0.15) is 0 Å². The highest BCUT2D eigenvalue weighted by Gasteiger charge is 2.41. The molecule has 2 aliphatic rings. The van der Waals surface area contributed by atoms with Crippen LogP contribution in [-0.2, 0) is 10.0 Å². The standard InChI is InChI=1S/C20H27F2N7O2S2.2H2/c1-11-9-29(10-12(2)24-11)16-7-13(33(30,31)28-20(3)4-5-20)6-15(14(16)8-23)25-19-27-26-18(32-19)17(21)22;;/h6-8,11-12,17,23-24,28H,4-5,9-10H2,1-3H3,(H,25,27);2*1H/t11-,12-;;/m1../s1. The molecule has 4 N–H and O–H groups in total. The number of nitrogens with one attached hydrogen (secondary N) is 4. The van der Waals surface area contributed by atoms with Gasteiger partial charge in [-0.1, -0.05) is 11.3 Å². The van der Waals surface area contributed by atoms with Crippen LogP contribution in [0, 0.1) is 5.41 Å². The maximum absolute atomic E-state index is 13.2. The van der Waals surface area contributed by atoms with E-state index in [1.807, 2.05) is 25.7 Å². The Labute approximate surface area is 198 Å². The van der Waals surface area contributed by atoms with Crippen molar-refractivity contribution in [3.8, 4) is 0 Å². The lowest BCUT2D eigenvalue weighted by atomic mass is 10.1. The summed E-state index contributed by atoms with van der Waals surface area (Å²) in [6, 6.07) is 3.31. The average molecular weight is 504 g/mol. The van der Waals surface area contributed by atoms with Crippen LogP contribution in [0.3, 0.4) is 0 Å². The van der Waals surface area contributed by atoms with Crippen LogP contribution < -0.4 is 20.3 Å². The summed E-state index contributed by atoms with van der Waals surface area (Å²) in [5, 5.41) is 21.3. The average Bonchev–Trinajstić information content (AvgIpc) is 3.24. The van der Waals surface area contributed by atoms with E-state index in [0.717, 1.165) is 19.1 Å². The molecule has 1 aromatic heterocycles. The van der Waals surface area contributed by atoms with Gasteiger partial charge < -0.3 is 20.9 Å². The predicted molar refractivity (Wildman–Crippen MR) is 129 cm³/mol. The summed E-state index contributed by atoms with van der Waals surface area (Å²) in [6.45, 7) is 7.16. The molecule has 0 radical (unpaired) electrons. The number of hydrogen-bond donors (Lipinski definition) is 4. The molecule has 1 aliphatic carbocycles. The molecule has 2 heterocycles. The Kier molecular flexibility index (Phi) is 6.42. The van der Waals surface area contributed by atoms with Crippen molar-refractivity contribution in [1.82, 2.24) is 20.2 Å². The minimum Gasteiger partial charge on any atom is -0.368 e. The largest absolute Gasteiger partial charge is 0.368 e. The number of anilines is 3. The zero-order valence-corrected chi connectivity index (χ0v) is 20.2. The van der Waals surface area contributed by atoms with Gasteiger partial charge in [-0.25, -0.2) is 21.9 Å². The summed E-state index contributed by atoms with van der Waals surface area (Å²) in [4.78, 5) is 2.08. The van der Waals surface area contributed by atoms with Crippen LogP contribution in [0.1, 0.15) is 53.5 Å². The molecule has 2 aromatic rings. The van der Waals surface area contributed by atoms with Gasteiger partial charge in [0.05, 0.1) is 10.6 Å². The van der Waals surface area contributed by atoms with Gasteiger partial charge in [0.15, 0.2) is 5.01 Å². The van der Waals surface area contributed by atoms with Crippen LogP contribution in [0.25, 0.3) is 0 Å². The second-order valence-corrected chi connectivity index (χ2v) is 11.7. The molecule has 2 atom stereocenters. The van der Waals surface area contributed by atoms with Gasteiger partial charge >= 0.3 is 0 Å². The topological polar surface area (TPSA) is 123 Å². The molecule has 1 aliphatic heterocycles. The van der Waals surface area contributed by atoms with Crippen molar-refractivity contribution in [2.24, 2.45) is 0 Å². The van der Waals surface area contributed by atoms with Crippen LogP contribution >= 0.6 is 11.3 Å². The molecule has 33 heavy (non-hydrogen) atoms. The molecule has 1 saturated heterocycles. The van der Waals surface area contributed by atoms with E-state index in [2.05, 4.69) is 25.6 Å². The van der Waals surface area contributed by atoms with Crippen molar-refractivity contribution in [3.63, 3.8) is 0 Å². The van der Waals surface area contributed by atoms with Gasteiger partial charge in [0.2, 0.25) is 15.2 Å². The van der Waals surface area contributed by atoms with Gasteiger partial charge in [-0.15, -0.1) is 10.2 Å². The maximum Gasteiger partial charge on any atom is 0.291 e.